The molecule has 3 rings (SSSR count). The molecule has 1 aromatic rings. The van der Waals surface area contributed by atoms with Gasteiger partial charge in [0.25, 0.3) is 0 Å². The first kappa shape index (κ1) is 20.3. The molecule has 0 aliphatic carbocycles. The van der Waals surface area contributed by atoms with E-state index in [0.29, 0.717) is 18.7 Å². The maximum absolute atomic E-state index is 13.4. The Labute approximate surface area is 164 Å². The minimum Gasteiger partial charge on any atom is -0.372 e. The van der Waals surface area contributed by atoms with Crippen LogP contribution in [-0.2, 0) is 25.7 Å². The normalized spacial score (nSPS) is 26.0. The highest BCUT2D eigenvalue weighted by atomic mass is 19.1. The van der Waals surface area contributed by atoms with Gasteiger partial charge in [0.05, 0.1) is 12.2 Å². The van der Waals surface area contributed by atoms with E-state index in [1.54, 1.807) is 24.0 Å². The zero-order valence-corrected chi connectivity index (χ0v) is 16.4. The lowest BCUT2D eigenvalue weighted by Gasteiger charge is -2.40. The fraction of sp³-hybridized carbons (Fsp3) is 0.550. The molecule has 1 aromatic carbocycles. The number of rotatable bonds is 4. The van der Waals surface area contributed by atoms with Gasteiger partial charge in [-0.15, -0.1) is 0 Å². The second-order valence-corrected chi connectivity index (χ2v) is 7.58. The molecule has 2 aliphatic rings. The Morgan fingerprint density at radius 1 is 1.18 bits per heavy atom. The van der Waals surface area contributed by atoms with Crippen LogP contribution in [-0.4, -0.2) is 76.9 Å². The fourth-order valence-electron chi connectivity index (χ4n) is 3.79. The van der Waals surface area contributed by atoms with E-state index in [0.717, 1.165) is 0 Å². The third kappa shape index (κ3) is 4.49. The van der Waals surface area contributed by atoms with Gasteiger partial charge < -0.3 is 19.4 Å². The molecule has 2 saturated heterocycles. The molecular formula is C20H26FN3O4. The molecule has 2 heterocycles. The van der Waals surface area contributed by atoms with Crippen molar-refractivity contribution < 1.29 is 23.5 Å². The van der Waals surface area contributed by atoms with Crippen LogP contribution in [0.4, 0.5) is 4.39 Å². The summed E-state index contributed by atoms with van der Waals surface area (Å²) in [6, 6.07) is 5.21. The average molecular weight is 391 g/mol. The van der Waals surface area contributed by atoms with E-state index < -0.39 is 6.04 Å². The van der Waals surface area contributed by atoms with E-state index in [1.165, 1.54) is 21.9 Å². The monoisotopic (exact) mass is 391 g/mol. The summed E-state index contributed by atoms with van der Waals surface area (Å²) in [5.41, 5.74) is 0.620. The van der Waals surface area contributed by atoms with Gasteiger partial charge in [0.15, 0.2) is 0 Å². The van der Waals surface area contributed by atoms with Crippen molar-refractivity contribution in [1.29, 1.82) is 0 Å². The second-order valence-electron chi connectivity index (χ2n) is 7.58. The third-order valence-electron chi connectivity index (χ3n) is 5.12. The summed E-state index contributed by atoms with van der Waals surface area (Å²) in [5.74, 6) is -1.11. The fourth-order valence-corrected chi connectivity index (χ4v) is 3.79. The van der Waals surface area contributed by atoms with Crippen molar-refractivity contribution in [2.75, 3.05) is 26.2 Å². The molecule has 8 heteroatoms. The Balaban J connectivity index is 1.64. The zero-order valence-electron chi connectivity index (χ0n) is 16.4. The maximum atomic E-state index is 13.4. The molecule has 7 nitrogen and oxygen atoms in total. The van der Waals surface area contributed by atoms with Crippen LogP contribution < -0.4 is 0 Å². The average Bonchev–Trinajstić information content (AvgIpc) is 2.62. The van der Waals surface area contributed by atoms with Crippen LogP contribution >= 0.6 is 0 Å². The molecular weight excluding hydrogens is 365 g/mol. The van der Waals surface area contributed by atoms with E-state index in [1.807, 2.05) is 13.8 Å². The summed E-state index contributed by atoms with van der Waals surface area (Å²) in [5, 5.41) is 0. The number of hydrogen-bond donors (Lipinski definition) is 0. The Bertz CT molecular complexity index is 762. The second kappa shape index (κ2) is 8.26. The number of halogens is 1. The molecule has 3 amide bonds. The number of ether oxygens (including phenoxy) is 1. The minimum atomic E-state index is -0.741. The predicted molar refractivity (Wildman–Crippen MR) is 99.6 cm³/mol. The predicted octanol–water partition coefficient (Wildman–Crippen LogP) is 1.02. The molecule has 0 N–H and O–H groups in total. The van der Waals surface area contributed by atoms with Gasteiger partial charge in [-0.25, -0.2) is 4.39 Å². The Hall–Kier alpha value is -2.48. The van der Waals surface area contributed by atoms with Crippen molar-refractivity contribution in [3.05, 3.63) is 35.6 Å². The van der Waals surface area contributed by atoms with Crippen LogP contribution in [0.15, 0.2) is 24.3 Å². The molecule has 0 saturated carbocycles. The van der Waals surface area contributed by atoms with Crippen LogP contribution in [0.1, 0.15) is 26.3 Å². The van der Waals surface area contributed by atoms with Gasteiger partial charge >= 0.3 is 0 Å². The summed E-state index contributed by atoms with van der Waals surface area (Å²) in [7, 11) is 0. The number of carbonyl (C=O) groups excluding carboxylic acids is 3. The first-order valence-corrected chi connectivity index (χ1v) is 9.50. The topological polar surface area (TPSA) is 70.2 Å². The van der Waals surface area contributed by atoms with Crippen molar-refractivity contribution in [2.45, 2.75) is 45.6 Å². The van der Waals surface area contributed by atoms with Crippen molar-refractivity contribution in [3.63, 3.8) is 0 Å². The number of benzene rings is 1. The molecule has 0 aromatic heterocycles. The number of morpholine rings is 1. The highest BCUT2D eigenvalue weighted by Crippen LogP contribution is 2.18. The minimum absolute atomic E-state index is 0.0643. The van der Waals surface area contributed by atoms with E-state index in [4.69, 9.17) is 4.74 Å². The van der Waals surface area contributed by atoms with Crippen molar-refractivity contribution in [3.8, 4) is 0 Å². The summed E-state index contributed by atoms with van der Waals surface area (Å²) in [4.78, 5) is 42.4. The number of nitrogens with zero attached hydrogens (tertiary/aromatic N) is 3. The number of hydrogen-bond acceptors (Lipinski definition) is 4. The highest BCUT2D eigenvalue weighted by molar-refractivity contribution is 5.96. The molecule has 2 aliphatic heterocycles. The van der Waals surface area contributed by atoms with Gasteiger partial charge in [-0.2, -0.15) is 0 Å². The van der Waals surface area contributed by atoms with E-state index in [9.17, 15) is 18.8 Å². The lowest BCUT2D eigenvalue weighted by molar-refractivity contribution is -0.160. The van der Waals surface area contributed by atoms with Crippen molar-refractivity contribution in [1.82, 2.24) is 14.7 Å². The number of piperazine rings is 1. The molecule has 0 radical (unpaired) electrons. The smallest absolute Gasteiger partial charge is 0.245 e. The molecule has 0 spiro atoms. The largest absolute Gasteiger partial charge is 0.372 e. The first-order valence-electron chi connectivity index (χ1n) is 9.50. The highest BCUT2D eigenvalue weighted by Gasteiger charge is 2.38. The van der Waals surface area contributed by atoms with Gasteiger partial charge in [-0.05, 0) is 38.5 Å². The lowest BCUT2D eigenvalue weighted by Crippen LogP contribution is -2.61. The molecule has 0 unspecified atom stereocenters. The quantitative estimate of drug-likeness (QED) is 0.769. The van der Waals surface area contributed by atoms with Crippen LogP contribution in [0.5, 0.6) is 0 Å². The standard InChI is InChI=1S/C20H26FN3O4/c1-13-8-22(9-14(2)28-13)18(25)12-24-15(3)20(27)23(11-19(24)26)10-16-5-4-6-17(21)7-16/h4-7,13-15H,8-12H2,1-3H3/t13-,14+,15-/m0/s1. The maximum Gasteiger partial charge on any atom is 0.245 e. The van der Waals surface area contributed by atoms with Gasteiger partial charge in [-0.3, -0.25) is 14.4 Å². The molecule has 152 valence electrons. The molecule has 0 bridgehead atoms. The molecule has 3 atom stereocenters. The number of carbonyl (C=O) groups is 3. The summed E-state index contributed by atoms with van der Waals surface area (Å²) in [6.07, 6.45) is -0.129. The van der Waals surface area contributed by atoms with Gasteiger partial charge in [0.1, 0.15) is 24.9 Å². The molecule has 2 fully saturated rings. The van der Waals surface area contributed by atoms with Crippen LogP contribution in [0.3, 0.4) is 0 Å². The third-order valence-corrected chi connectivity index (χ3v) is 5.12. The summed E-state index contributed by atoms with van der Waals surface area (Å²) in [6.45, 7) is 6.28. The Kier molecular flexibility index (Phi) is 5.98. The van der Waals surface area contributed by atoms with E-state index >= 15 is 0 Å². The van der Waals surface area contributed by atoms with Crippen LogP contribution in [0.25, 0.3) is 0 Å². The lowest BCUT2D eigenvalue weighted by atomic mass is 10.1. The Morgan fingerprint density at radius 2 is 1.86 bits per heavy atom. The van der Waals surface area contributed by atoms with E-state index in [2.05, 4.69) is 0 Å². The SMILES string of the molecule is C[C@@H]1CN(C(=O)CN2C(=O)CN(Cc3cccc(F)c3)C(=O)[C@@H]2C)C[C@H](C)O1. The van der Waals surface area contributed by atoms with Crippen molar-refractivity contribution in [2.24, 2.45) is 0 Å². The first-order chi connectivity index (χ1) is 13.2. The number of amides is 3. The van der Waals surface area contributed by atoms with Crippen LogP contribution in [0.2, 0.25) is 0 Å². The van der Waals surface area contributed by atoms with Gasteiger partial charge in [0, 0.05) is 19.6 Å². The van der Waals surface area contributed by atoms with Crippen molar-refractivity contribution >= 4 is 17.7 Å². The van der Waals surface area contributed by atoms with E-state index in [-0.39, 0.29) is 55.4 Å². The Morgan fingerprint density at radius 3 is 2.50 bits per heavy atom. The van der Waals surface area contributed by atoms with Gasteiger partial charge in [-0.1, -0.05) is 12.1 Å². The molecule has 28 heavy (non-hydrogen) atoms. The summed E-state index contributed by atoms with van der Waals surface area (Å²) < 4.78 is 19.0. The van der Waals surface area contributed by atoms with Crippen LogP contribution in [0, 0.1) is 5.82 Å². The summed E-state index contributed by atoms with van der Waals surface area (Å²) >= 11 is 0. The zero-order chi connectivity index (χ0) is 20.4. The van der Waals surface area contributed by atoms with Gasteiger partial charge in [0.2, 0.25) is 17.7 Å².